The number of benzene rings is 11. The van der Waals surface area contributed by atoms with Crippen molar-refractivity contribution in [2.75, 3.05) is 9.80 Å². The molecule has 0 saturated heterocycles. The number of rotatable bonds is 9. The lowest BCUT2D eigenvalue weighted by molar-refractivity contribution is 1.29. The van der Waals surface area contributed by atoms with Crippen LogP contribution in [0.5, 0.6) is 0 Å². The molecule has 69 heavy (non-hydrogen) atoms. The monoisotopic (exact) mass is 878 g/mol. The fourth-order valence-electron chi connectivity index (χ4n) is 10.5. The summed E-state index contributed by atoms with van der Waals surface area (Å²) in [4.78, 5) is 8.68. The van der Waals surface area contributed by atoms with Gasteiger partial charge in [-0.1, -0.05) is 164 Å². The maximum Gasteiger partial charge on any atom is 0.194 e. The van der Waals surface area contributed by atoms with Crippen molar-refractivity contribution in [1.29, 1.82) is 0 Å². The van der Waals surface area contributed by atoms with Crippen molar-refractivity contribution in [2.24, 2.45) is 0 Å². The van der Waals surface area contributed by atoms with Crippen LogP contribution in [-0.4, -0.2) is 4.40 Å². The van der Waals surface area contributed by atoms with E-state index in [1.807, 2.05) is 18.2 Å². The van der Waals surface area contributed by atoms with Gasteiger partial charge in [0.15, 0.2) is 5.69 Å². The van der Waals surface area contributed by atoms with Crippen molar-refractivity contribution in [3.8, 4) is 33.4 Å². The number of nitrogens with zero attached hydrogens (tertiary/aromatic N) is 4. The molecule has 0 amide bonds. The third-order valence-electron chi connectivity index (χ3n) is 13.7. The van der Waals surface area contributed by atoms with Gasteiger partial charge in [-0.25, -0.2) is 4.85 Å². The van der Waals surface area contributed by atoms with Gasteiger partial charge >= 0.3 is 0 Å². The summed E-state index contributed by atoms with van der Waals surface area (Å²) in [6, 6.07) is 91.1. The topological polar surface area (TPSA) is 15.2 Å². The molecule has 2 aromatic heterocycles. The molecular weight excluding hydrogens is 837 g/mol. The molecule has 4 heteroatoms. The lowest BCUT2D eigenvalue weighted by Gasteiger charge is -2.27. The highest BCUT2D eigenvalue weighted by Gasteiger charge is 2.25. The van der Waals surface area contributed by atoms with Crippen molar-refractivity contribution in [3.05, 3.63) is 266 Å². The molecule has 0 N–H and O–H groups in total. The molecule has 0 aliphatic rings. The first-order chi connectivity index (χ1) is 34.2. The van der Waals surface area contributed by atoms with Crippen molar-refractivity contribution in [3.63, 3.8) is 0 Å². The van der Waals surface area contributed by atoms with Crippen LogP contribution in [0.3, 0.4) is 0 Å². The van der Waals surface area contributed by atoms with Crippen molar-refractivity contribution in [2.45, 2.75) is 0 Å². The van der Waals surface area contributed by atoms with Crippen LogP contribution < -0.4 is 9.80 Å². The maximum absolute atomic E-state index is 8.06. The SMILES string of the molecule is [C-]#[N+]c1ccccc1-c1ccc2c(c1)c1c(N(c3ccccc3)c3ccc(-c4ccccc4)cc3)ccc3c4cc5ccc(N(c6ccccc6)c6ccc(-c7ccccc7)cc6)cc5cc4n2c31. The second kappa shape index (κ2) is 16.5. The Morgan fingerprint density at radius 3 is 1.49 bits per heavy atom. The Morgan fingerprint density at radius 2 is 0.855 bits per heavy atom. The van der Waals surface area contributed by atoms with E-state index in [9.17, 15) is 0 Å². The lowest BCUT2D eigenvalue weighted by Crippen LogP contribution is -2.10. The maximum atomic E-state index is 8.06. The molecule has 0 aliphatic heterocycles. The third kappa shape index (κ3) is 6.76. The van der Waals surface area contributed by atoms with E-state index < -0.39 is 0 Å². The normalized spacial score (nSPS) is 11.5. The summed E-state index contributed by atoms with van der Waals surface area (Å²) in [7, 11) is 0. The fourth-order valence-corrected chi connectivity index (χ4v) is 10.5. The molecule has 0 saturated carbocycles. The predicted octanol–water partition coefficient (Wildman–Crippen LogP) is 18.5. The first-order valence-corrected chi connectivity index (χ1v) is 23.4. The summed E-state index contributed by atoms with van der Waals surface area (Å²) in [6.45, 7) is 8.06. The van der Waals surface area contributed by atoms with E-state index in [2.05, 4.69) is 256 Å². The number of hydrogen-bond acceptors (Lipinski definition) is 2. The van der Waals surface area contributed by atoms with Crippen LogP contribution in [0.15, 0.2) is 255 Å². The molecule has 0 unspecified atom stereocenters. The van der Waals surface area contributed by atoms with E-state index in [0.29, 0.717) is 5.69 Å². The largest absolute Gasteiger partial charge is 0.310 e. The Kier molecular flexibility index (Phi) is 9.52. The highest BCUT2D eigenvalue weighted by atomic mass is 15.2. The molecule has 0 fully saturated rings. The predicted molar refractivity (Wildman–Crippen MR) is 291 cm³/mol. The number of aromatic nitrogens is 1. The van der Waals surface area contributed by atoms with Gasteiger partial charge in [0, 0.05) is 50.0 Å². The number of anilines is 6. The van der Waals surface area contributed by atoms with Gasteiger partial charge in [0.25, 0.3) is 0 Å². The van der Waals surface area contributed by atoms with E-state index in [1.165, 1.54) is 43.9 Å². The molecule has 0 bridgehead atoms. The summed E-state index contributed by atoms with van der Waals surface area (Å²) in [6.07, 6.45) is 0. The first-order valence-electron chi connectivity index (χ1n) is 23.4. The minimum Gasteiger partial charge on any atom is -0.310 e. The van der Waals surface area contributed by atoms with E-state index in [1.54, 1.807) is 0 Å². The Hall–Kier alpha value is -9.43. The van der Waals surface area contributed by atoms with Gasteiger partial charge in [-0.2, -0.15) is 0 Å². The van der Waals surface area contributed by atoms with Gasteiger partial charge < -0.3 is 14.2 Å². The van der Waals surface area contributed by atoms with Crippen LogP contribution in [0.4, 0.5) is 39.8 Å². The van der Waals surface area contributed by atoms with Crippen molar-refractivity contribution in [1.82, 2.24) is 4.40 Å². The van der Waals surface area contributed by atoms with Crippen LogP contribution in [0, 0.1) is 6.57 Å². The van der Waals surface area contributed by atoms with E-state index >= 15 is 0 Å². The van der Waals surface area contributed by atoms with Crippen LogP contribution in [-0.2, 0) is 0 Å². The van der Waals surface area contributed by atoms with Crippen molar-refractivity contribution < 1.29 is 0 Å². The molecule has 13 rings (SSSR count). The van der Waals surface area contributed by atoms with Crippen LogP contribution >= 0.6 is 0 Å². The van der Waals surface area contributed by atoms with Gasteiger partial charge in [-0.05, 0) is 135 Å². The van der Waals surface area contributed by atoms with Gasteiger partial charge in [-0.15, -0.1) is 0 Å². The average Bonchev–Trinajstić information content (AvgIpc) is 3.93. The summed E-state index contributed by atoms with van der Waals surface area (Å²) in [5, 5.41) is 7.04. The molecule has 0 spiro atoms. The highest BCUT2D eigenvalue weighted by molar-refractivity contribution is 6.29. The minimum absolute atomic E-state index is 0.641. The van der Waals surface area contributed by atoms with Gasteiger partial charge in [0.1, 0.15) is 0 Å². The first kappa shape index (κ1) is 39.9. The highest BCUT2D eigenvalue weighted by Crippen LogP contribution is 2.49. The van der Waals surface area contributed by atoms with Gasteiger partial charge in [0.05, 0.1) is 28.8 Å². The Balaban J connectivity index is 1.04. The molecule has 0 atom stereocenters. The smallest absolute Gasteiger partial charge is 0.194 e. The fraction of sp³-hybridized carbons (Fsp3) is 0. The van der Waals surface area contributed by atoms with E-state index in [4.69, 9.17) is 6.57 Å². The van der Waals surface area contributed by atoms with Crippen LogP contribution in [0.2, 0.25) is 0 Å². The average molecular weight is 879 g/mol. The molecule has 0 aliphatic carbocycles. The Morgan fingerprint density at radius 1 is 0.333 bits per heavy atom. The number of para-hydroxylation sites is 3. The number of hydrogen-bond donors (Lipinski definition) is 0. The summed E-state index contributed by atoms with van der Waals surface area (Å²) >= 11 is 0. The minimum atomic E-state index is 0.641. The Labute approximate surface area is 400 Å². The zero-order chi connectivity index (χ0) is 45.8. The van der Waals surface area contributed by atoms with Crippen molar-refractivity contribution >= 4 is 88.7 Å². The second-order valence-corrected chi connectivity index (χ2v) is 17.6. The zero-order valence-corrected chi connectivity index (χ0v) is 37.5. The molecule has 11 aromatic carbocycles. The van der Waals surface area contributed by atoms with E-state index in [-0.39, 0.29) is 0 Å². The van der Waals surface area contributed by atoms with Gasteiger partial charge in [0.2, 0.25) is 0 Å². The summed E-state index contributed by atoms with van der Waals surface area (Å²) < 4.78 is 2.48. The zero-order valence-electron chi connectivity index (χ0n) is 37.5. The van der Waals surface area contributed by atoms with Crippen LogP contribution in [0.25, 0.3) is 87.1 Å². The van der Waals surface area contributed by atoms with Crippen LogP contribution in [0.1, 0.15) is 0 Å². The molecule has 2 heterocycles. The second-order valence-electron chi connectivity index (χ2n) is 17.6. The third-order valence-corrected chi connectivity index (χ3v) is 13.7. The van der Waals surface area contributed by atoms with Gasteiger partial charge in [-0.3, -0.25) is 0 Å². The molecule has 4 nitrogen and oxygen atoms in total. The Bertz CT molecular complexity index is 4040. The molecule has 13 aromatic rings. The quantitative estimate of drug-likeness (QED) is 0.134. The van der Waals surface area contributed by atoms with E-state index in [0.717, 1.165) is 72.4 Å². The lowest BCUT2D eigenvalue weighted by atomic mass is 9.98. The summed E-state index contributed by atoms with van der Waals surface area (Å²) in [5.41, 5.74) is 17.3. The molecule has 0 radical (unpaired) electrons. The summed E-state index contributed by atoms with van der Waals surface area (Å²) in [5.74, 6) is 0. The number of fused-ring (bicyclic) bond motifs is 7. The molecule has 322 valence electrons. The molecular formula is C65H42N4. The standard InChI is InChI=1S/C65H42N4/c1-66-60-25-15-14-24-56(60)49-31-38-61-59(42-49)64-62(68(52-22-12-5-13-23-52)54-34-28-47(29-35-54)45-18-8-3-9-19-45)39-37-57-58-41-48-30-36-55(40-50(48)43-63(58)69(61)65(57)64)67(51-20-10-4-11-21-51)53-32-26-46(27-33-53)44-16-6-2-7-17-44/h2-43H.